The van der Waals surface area contributed by atoms with Crippen LogP contribution in [0, 0.1) is 11.3 Å². The molecule has 0 saturated heterocycles. The van der Waals surface area contributed by atoms with Gasteiger partial charge in [-0.1, -0.05) is 36.4 Å². The van der Waals surface area contributed by atoms with Crippen molar-refractivity contribution >= 4 is 5.82 Å². The minimum Gasteiger partial charge on any atom is -0.496 e. The predicted molar refractivity (Wildman–Crippen MR) is 117 cm³/mol. The van der Waals surface area contributed by atoms with Crippen LogP contribution in [0.5, 0.6) is 17.2 Å². The summed E-state index contributed by atoms with van der Waals surface area (Å²) in [6, 6.07) is 28.7. The molecule has 5 heteroatoms. The molecule has 0 fully saturated rings. The smallest absolute Gasteiger partial charge is 0.142 e. The molecule has 0 aliphatic heterocycles. The average molecular weight is 393 g/mol. The number of methoxy groups -OCH3 is 1. The largest absolute Gasteiger partial charge is 0.496 e. The summed E-state index contributed by atoms with van der Waals surface area (Å²) in [4.78, 5) is 4.44. The van der Waals surface area contributed by atoms with Crippen molar-refractivity contribution in [3.05, 3.63) is 90.5 Å². The Labute approximate surface area is 175 Å². The third kappa shape index (κ3) is 3.80. The molecule has 4 rings (SSSR count). The highest BCUT2D eigenvalue weighted by molar-refractivity contribution is 5.83. The van der Waals surface area contributed by atoms with Crippen LogP contribution in [0.15, 0.2) is 84.9 Å². The molecule has 0 bridgehead atoms. The molecule has 0 spiro atoms. The maximum Gasteiger partial charge on any atom is 0.142 e. The molecule has 0 amide bonds. The maximum atomic E-state index is 9.63. The highest BCUT2D eigenvalue weighted by atomic mass is 16.5. The van der Waals surface area contributed by atoms with E-state index in [-0.39, 0.29) is 5.82 Å². The third-order valence-electron chi connectivity index (χ3n) is 4.69. The van der Waals surface area contributed by atoms with Crippen molar-refractivity contribution in [3.63, 3.8) is 0 Å². The Morgan fingerprint density at radius 1 is 0.833 bits per heavy atom. The van der Waals surface area contributed by atoms with Crippen molar-refractivity contribution in [2.75, 3.05) is 12.8 Å². The van der Waals surface area contributed by atoms with Crippen LogP contribution in [-0.4, -0.2) is 12.1 Å². The molecule has 0 aliphatic carbocycles. The molecule has 0 saturated carbocycles. The van der Waals surface area contributed by atoms with Gasteiger partial charge in [0.2, 0.25) is 0 Å². The number of para-hydroxylation sites is 2. The summed E-state index contributed by atoms with van der Waals surface area (Å²) in [6.07, 6.45) is 0. The Bertz CT molecular complexity index is 1210. The molecule has 0 unspecified atom stereocenters. The van der Waals surface area contributed by atoms with Crippen molar-refractivity contribution in [3.8, 4) is 45.7 Å². The Kier molecular flexibility index (Phi) is 5.31. The fourth-order valence-corrected chi connectivity index (χ4v) is 3.23. The summed E-state index contributed by atoms with van der Waals surface area (Å²) in [5.74, 6) is 2.33. The molecule has 1 heterocycles. The number of nitrogen functional groups attached to an aromatic ring is 1. The number of nitriles is 1. The second-order valence-corrected chi connectivity index (χ2v) is 6.57. The van der Waals surface area contributed by atoms with Gasteiger partial charge < -0.3 is 15.2 Å². The lowest BCUT2D eigenvalue weighted by Crippen LogP contribution is -2.00. The summed E-state index contributed by atoms with van der Waals surface area (Å²) < 4.78 is 11.3. The Balaban J connectivity index is 1.73. The van der Waals surface area contributed by atoms with Crippen LogP contribution in [0.3, 0.4) is 0 Å². The fourth-order valence-electron chi connectivity index (χ4n) is 3.23. The second kappa shape index (κ2) is 8.38. The van der Waals surface area contributed by atoms with E-state index in [4.69, 9.17) is 15.2 Å². The minimum absolute atomic E-state index is 0.181. The molecule has 146 valence electrons. The first kappa shape index (κ1) is 19.0. The van der Waals surface area contributed by atoms with E-state index in [1.807, 2.05) is 84.9 Å². The van der Waals surface area contributed by atoms with Gasteiger partial charge in [0.25, 0.3) is 0 Å². The predicted octanol–water partition coefficient (Wildman–Crippen LogP) is 5.67. The first-order valence-electron chi connectivity index (χ1n) is 9.37. The summed E-state index contributed by atoms with van der Waals surface area (Å²) in [7, 11) is 1.60. The normalized spacial score (nSPS) is 10.3. The van der Waals surface area contributed by atoms with Crippen LogP contribution in [0.25, 0.3) is 22.4 Å². The lowest BCUT2D eigenvalue weighted by Gasteiger charge is -2.13. The zero-order valence-electron chi connectivity index (χ0n) is 16.4. The molecule has 4 aromatic rings. The molecule has 2 N–H and O–H groups in total. The van der Waals surface area contributed by atoms with Crippen LogP contribution >= 0.6 is 0 Å². The zero-order valence-corrected chi connectivity index (χ0v) is 16.4. The first-order chi connectivity index (χ1) is 14.7. The van der Waals surface area contributed by atoms with Crippen LogP contribution < -0.4 is 15.2 Å². The third-order valence-corrected chi connectivity index (χ3v) is 4.69. The number of benzene rings is 3. The number of rotatable bonds is 5. The van der Waals surface area contributed by atoms with Crippen LogP contribution in [0.1, 0.15) is 5.56 Å². The van der Waals surface area contributed by atoms with Crippen LogP contribution in [-0.2, 0) is 0 Å². The molecule has 5 nitrogen and oxygen atoms in total. The Morgan fingerprint density at radius 2 is 1.50 bits per heavy atom. The van der Waals surface area contributed by atoms with E-state index in [0.717, 1.165) is 22.6 Å². The van der Waals surface area contributed by atoms with E-state index in [2.05, 4.69) is 11.1 Å². The van der Waals surface area contributed by atoms with Gasteiger partial charge in [-0.2, -0.15) is 5.26 Å². The Morgan fingerprint density at radius 3 is 2.20 bits per heavy atom. The van der Waals surface area contributed by atoms with E-state index in [1.54, 1.807) is 7.11 Å². The van der Waals surface area contributed by atoms with E-state index in [9.17, 15) is 5.26 Å². The van der Waals surface area contributed by atoms with Crippen molar-refractivity contribution < 1.29 is 9.47 Å². The van der Waals surface area contributed by atoms with Gasteiger partial charge in [0, 0.05) is 16.7 Å². The number of hydrogen-bond donors (Lipinski definition) is 1. The van der Waals surface area contributed by atoms with Gasteiger partial charge in [0.1, 0.15) is 34.7 Å². The first-order valence-corrected chi connectivity index (χ1v) is 9.37. The molecule has 0 aliphatic rings. The number of anilines is 1. The lowest BCUT2D eigenvalue weighted by atomic mass is 9.97. The van der Waals surface area contributed by atoms with Crippen molar-refractivity contribution in [1.82, 2.24) is 4.98 Å². The van der Waals surface area contributed by atoms with Gasteiger partial charge in [-0.25, -0.2) is 4.98 Å². The van der Waals surface area contributed by atoms with E-state index < -0.39 is 0 Å². The van der Waals surface area contributed by atoms with Crippen molar-refractivity contribution in [2.45, 2.75) is 0 Å². The summed E-state index contributed by atoms with van der Waals surface area (Å²) in [6.45, 7) is 0. The number of ether oxygens (including phenoxy) is 2. The molecular formula is C25H19N3O2. The summed E-state index contributed by atoms with van der Waals surface area (Å²) in [5, 5.41) is 9.63. The summed E-state index contributed by atoms with van der Waals surface area (Å²) >= 11 is 0. The van der Waals surface area contributed by atoms with E-state index in [0.29, 0.717) is 22.6 Å². The van der Waals surface area contributed by atoms with Crippen molar-refractivity contribution in [2.24, 2.45) is 0 Å². The number of nitrogens with zero attached hydrogens (tertiary/aromatic N) is 2. The zero-order chi connectivity index (χ0) is 20.9. The number of pyridine rings is 1. The van der Waals surface area contributed by atoms with Gasteiger partial charge in [-0.15, -0.1) is 0 Å². The van der Waals surface area contributed by atoms with Gasteiger partial charge in [-0.05, 0) is 48.5 Å². The number of nitrogens with two attached hydrogens (primary N) is 1. The Hall–Kier alpha value is -4.30. The van der Waals surface area contributed by atoms with Gasteiger partial charge >= 0.3 is 0 Å². The topological polar surface area (TPSA) is 81.2 Å². The molecule has 0 atom stereocenters. The second-order valence-electron chi connectivity index (χ2n) is 6.57. The van der Waals surface area contributed by atoms with Crippen LogP contribution in [0.2, 0.25) is 0 Å². The lowest BCUT2D eigenvalue weighted by molar-refractivity contribution is 0.416. The van der Waals surface area contributed by atoms with Crippen LogP contribution in [0.4, 0.5) is 5.82 Å². The average Bonchev–Trinajstić information content (AvgIpc) is 2.79. The monoisotopic (exact) mass is 393 g/mol. The molecule has 30 heavy (non-hydrogen) atoms. The number of hydrogen-bond acceptors (Lipinski definition) is 5. The van der Waals surface area contributed by atoms with Gasteiger partial charge in [-0.3, -0.25) is 0 Å². The quantitative estimate of drug-likeness (QED) is 0.472. The van der Waals surface area contributed by atoms with Gasteiger partial charge in [0.15, 0.2) is 0 Å². The fraction of sp³-hybridized carbons (Fsp3) is 0.0400. The number of aromatic nitrogens is 1. The van der Waals surface area contributed by atoms with Gasteiger partial charge in [0.05, 0.1) is 12.8 Å². The maximum absolute atomic E-state index is 9.63. The summed E-state index contributed by atoms with van der Waals surface area (Å²) in [5.41, 5.74) is 9.46. The standard InChI is InChI=1S/C25H19N3O2/c1-29-24-10-6-5-9-20(24)21-15-23(28-25(27)22(21)16-26)17-11-13-19(14-12-17)30-18-7-3-2-4-8-18/h2-15H,1H3,(H2,27,28). The van der Waals surface area contributed by atoms with E-state index >= 15 is 0 Å². The SMILES string of the molecule is COc1ccccc1-c1cc(-c2ccc(Oc3ccccc3)cc2)nc(N)c1C#N. The molecule has 3 aromatic carbocycles. The highest BCUT2D eigenvalue weighted by Crippen LogP contribution is 2.36. The molecule has 1 aromatic heterocycles. The van der Waals surface area contributed by atoms with E-state index in [1.165, 1.54) is 0 Å². The molecule has 0 radical (unpaired) electrons. The molecular weight excluding hydrogens is 374 g/mol. The minimum atomic E-state index is 0.181. The van der Waals surface area contributed by atoms with Crippen molar-refractivity contribution in [1.29, 1.82) is 5.26 Å². The highest BCUT2D eigenvalue weighted by Gasteiger charge is 2.16.